The van der Waals surface area contributed by atoms with Crippen LogP contribution in [0.25, 0.3) is 0 Å². The van der Waals surface area contributed by atoms with Crippen molar-refractivity contribution in [2.24, 2.45) is 0 Å². The Morgan fingerprint density at radius 1 is 1.00 bits per heavy atom. The van der Waals surface area contributed by atoms with Crippen molar-refractivity contribution in [3.8, 4) is 11.5 Å². The Hall–Kier alpha value is -2.54. The predicted octanol–water partition coefficient (Wildman–Crippen LogP) is 4.56. The molecule has 168 valence electrons. The van der Waals surface area contributed by atoms with Crippen LogP contribution in [0.1, 0.15) is 39.2 Å². The molecule has 31 heavy (non-hydrogen) atoms. The molecule has 2 aromatic rings. The van der Waals surface area contributed by atoms with Gasteiger partial charge in [0.2, 0.25) is 5.91 Å². The Labute approximate surface area is 193 Å². The first-order valence-electron chi connectivity index (χ1n) is 10.5. The number of methoxy groups -OCH3 is 1. The zero-order chi connectivity index (χ0) is 22.8. The Morgan fingerprint density at radius 2 is 1.61 bits per heavy atom. The average Bonchev–Trinajstić information content (AvgIpc) is 2.78. The summed E-state index contributed by atoms with van der Waals surface area (Å²) in [5.41, 5.74) is 0.910. The Bertz CT molecular complexity index is 840. The molecule has 0 saturated carbocycles. The molecule has 0 aliphatic carbocycles. The second kappa shape index (κ2) is 12.3. The van der Waals surface area contributed by atoms with Gasteiger partial charge in [-0.1, -0.05) is 41.9 Å². The molecule has 0 bridgehead atoms. The highest BCUT2D eigenvalue weighted by Crippen LogP contribution is 2.19. The third kappa shape index (κ3) is 7.58. The molecule has 0 aromatic heterocycles. The molecule has 2 aromatic carbocycles. The largest absolute Gasteiger partial charge is 0.497 e. The van der Waals surface area contributed by atoms with Gasteiger partial charge in [0.25, 0.3) is 5.91 Å². The normalized spacial score (nSPS) is 12.5. The SMILES string of the molecule is CCC(C)NC(=O)C(CC)N(Cc1ccc(OC)cc1)C(=O)COc1ccc(Br)cc1. The zero-order valence-electron chi connectivity index (χ0n) is 18.6. The van der Waals surface area contributed by atoms with Crippen molar-refractivity contribution < 1.29 is 19.1 Å². The number of hydrogen-bond donors (Lipinski definition) is 1. The van der Waals surface area contributed by atoms with Crippen LogP contribution >= 0.6 is 15.9 Å². The summed E-state index contributed by atoms with van der Waals surface area (Å²) in [5.74, 6) is 0.937. The molecule has 0 heterocycles. The number of nitrogens with one attached hydrogen (secondary N) is 1. The van der Waals surface area contributed by atoms with E-state index < -0.39 is 6.04 Å². The number of nitrogens with zero attached hydrogens (tertiary/aromatic N) is 1. The van der Waals surface area contributed by atoms with Gasteiger partial charge in [-0.15, -0.1) is 0 Å². The summed E-state index contributed by atoms with van der Waals surface area (Å²) in [7, 11) is 1.61. The molecule has 0 radical (unpaired) electrons. The van der Waals surface area contributed by atoms with E-state index in [4.69, 9.17) is 9.47 Å². The third-order valence-electron chi connectivity index (χ3n) is 5.07. The summed E-state index contributed by atoms with van der Waals surface area (Å²) in [6.07, 6.45) is 1.32. The maximum atomic E-state index is 13.2. The summed E-state index contributed by atoms with van der Waals surface area (Å²) < 4.78 is 11.8. The van der Waals surface area contributed by atoms with Crippen molar-refractivity contribution in [3.63, 3.8) is 0 Å². The summed E-state index contributed by atoms with van der Waals surface area (Å²) >= 11 is 3.38. The van der Waals surface area contributed by atoms with E-state index in [9.17, 15) is 9.59 Å². The van der Waals surface area contributed by atoms with Crippen LogP contribution in [-0.4, -0.2) is 42.5 Å². The molecule has 0 aliphatic heterocycles. The Morgan fingerprint density at radius 3 is 2.16 bits per heavy atom. The van der Waals surface area contributed by atoms with E-state index in [0.717, 1.165) is 22.2 Å². The van der Waals surface area contributed by atoms with Crippen LogP contribution in [0.5, 0.6) is 11.5 Å². The summed E-state index contributed by atoms with van der Waals surface area (Å²) in [6.45, 7) is 6.03. The first-order valence-corrected chi connectivity index (χ1v) is 11.3. The molecule has 2 rings (SSSR count). The highest BCUT2D eigenvalue weighted by Gasteiger charge is 2.29. The maximum absolute atomic E-state index is 13.2. The van der Waals surface area contributed by atoms with E-state index in [2.05, 4.69) is 21.2 Å². The van der Waals surface area contributed by atoms with Crippen molar-refractivity contribution in [1.29, 1.82) is 0 Å². The van der Waals surface area contributed by atoms with Crippen LogP contribution < -0.4 is 14.8 Å². The topological polar surface area (TPSA) is 67.9 Å². The van der Waals surface area contributed by atoms with Crippen molar-refractivity contribution >= 4 is 27.7 Å². The van der Waals surface area contributed by atoms with Gasteiger partial charge in [-0.25, -0.2) is 0 Å². The number of hydrogen-bond acceptors (Lipinski definition) is 4. The second-order valence-corrected chi connectivity index (χ2v) is 8.27. The highest BCUT2D eigenvalue weighted by atomic mass is 79.9. The quantitative estimate of drug-likeness (QED) is 0.501. The van der Waals surface area contributed by atoms with Crippen molar-refractivity contribution in [1.82, 2.24) is 10.2 Å². The van der Waals surface area contributed by atoms with Gasteiger partial charge in [0, 0.05) is 17.1 Å². The number of carbonyl (C=O) groups excluding carboxylic acids is 2. The van der Waals surface area contributed by atoms with Gasteiger partial charge in [-0.3, -0.25) is 9.59 Å². The van der Waals surface area contributed by atoms with E-state index in [-0.39, 0.29) is 24.5 Å². The number of halogens is 1. The lowest BCUT2D eigenvalue weighted by Gasteiger charge is -2.31. The van der Waals surface area contributed by atoms with Crippen LogP contribution in [0.15, 0.2) is 53.0 Å². The predicted molar refractivity (Wildman–Crippen MR) is 125 cm³/mol. The molecule has 2 amide bonds. The molecule has 0 fully saturated rings. The summed E-state index contributed by atoms with van der Waals surface area (Å²) in [6, 6.07) is 14.2. The van der Waals surface area contributed by atoms with Gasteiger partial charge in [0.15, 0.2) is 6.61 Å². The number of amides is 2. The number of ether oxygens (including phenoxy) is 2. The van der Waals surface area contributed by atoms with Gasteiger partial charge in [0.1, 0.15) is 17.5 Å². The fraction of sp³-hybridized carbons (Fsp3) is 0.417. The standard InChI is InChI=1S/C24H31BrN2O4/c1-5-17(3)26-24(29)22(6-2)27(15-18-7-11-20(30-4)12-8-18)23(28)16-31-21-13-9-19(25)10-14-21/h7-14,17,22H,5-6,15-16H2,1-4H3,(H,26,29). The lowest BCUT2D eigenvalue weighted by Crippen LogP contribution is -2.51. The first kappa shape index (κ1) is 24.7. The average molecular weight is 491 g/mol. The number of benzene rings is 2. The Balaban J connectivity index is 2.20. The van der Waals surface area contributed by atoms with Gasteiger partial charge >= 0.3 is 0 Å². The lowest BCUT2D eigenvalue weighted by molar-refractivity contribution is -0.143. The van der Waals surface area contributed by atoms with E-state index in [1.54, 1.807) is 24.1 Å². The molecular formula is C24H31BrN2O4. The maximum Gasteiger partial charge on any atom is 0.261 e. The minimum Gasteiger partial charge on any atom is -0.497 e. The monoisotopic (exact) mass is 490 g/mol. The molecule has 0 saturated heterocycles. The minimum atomic E-state index is -0.586. The fourth-order valence-corrected chi connectivity index (χ4v) is 3.31. The van der Waals surface area contributed by atoms with Crippen LogP contribution in [0.4, 0.5) is 0 Å². The van der Waals surface area contributed by atoms with Crippen LogP contribution in [0.3, 0.4) is 0 Å². The van der Waals surface area contributed by atoms with Crippen molar-refractivity contribution in [2.75, 3.05) is 13.7 Å². The molecule has 0 spiro atoms. The van der Waals surface area contributed by atoms with Crippen molar-refractivity contribution in [2.45, 2.75) is 52.2 Å². The van der Waals surface area contributed by atoms with Gasteiger partial charge in [0.05, 0.1) is 7.11 Å². The highest BCUT2D eigenvalue weighted by molar-refractivity contribution is 9.10. The third-order valence-corrected chi connectivity index (χ3v) is 5.60. The summed E-state index contributed by atoms with van der Waals surface area (Å²) in [5, 5.41) is 3.00. The van der Waals surface area contributed by atoms with E-state index in [1.165, 1.54) is 0 Å². The molecule has 2 unspecified atom stereocenters. The molecule has 1 N–H and O–H groups in total. The number of carbonyl (C=O) groups is 2. The van der Waals surface area contributed by atoms with E-state index in [1.807, 2.05) is 57.2 Å². The second-order valence-electron chi connectivity index (χ2n) is 7.35. The molecule has 6 nitrogen and oxygen atoms in total. The Kier molecular flexibility index (Phi) is 9.85. The number of rotatable bonds is 11. The van der Waals surface area contributed by atoms with E-state index in [0.29, 0.717) is 18.7 Å². The van der Waals surface area contributed by atoms with Gasteiger partial charge in [-0.2, -0.15) is 0 Å². The van der Waals surface area contributed by atoms with Crippen LogP contribution in [0.2, 0.25) is 0 Å². The zero-order valence-corrected chi connectivity index (χ0v) is 20.1. The van der Waals surface area contributed by atoms with E-state index >= 15 is 0 Å². The van der Waals surface area contributed by atoms with Crippen LogP contribution in [-0.2, 0) is 16.1 Å². The minimum absolute atomic E-state index is 0.0403. The smallest absolute Gasteiger partial charge is 0.261 e. The molecule has 2 atom stereocenters. The molecular weight excluding hydrogens is 460 g/mol. The van der Waals surface area contributed by atoms with Crippen molar-refractivity contribution in [3.05, 3.63) is 58.6 Å². The fourth-order valence-electron chi connectivity index (χ4n) is 3.05. The van der Waals surface area contributed by atoms with Gasteiger partial charge in [-0.05, 0) is 61.7 Å². The molecule has 7 heteroatoms. The lowest BCUT2D eigenvalue weighted by atomic mass is 10.1. The summed E-state index contributed by atoms with van der Waals surface area (Å²) in [4.78, 5) is 27.7. The molecule has 0 aliphatic rings. The van der Waals surface area contributed by atoms with Crippen LogP contribution in [0, 0.1) is 0 Å². The first-order chi connectivity index (χ1) is 14.9. The van der Waals surface area contributed by atoms with Gasteiger partial charge < -0.3 is 19.7 Å².